The van der Waals surface area contributed by atoms with Gasteiger partial charge in [0.2, 0.25) is 0 Å². The van der Waals surface area contributed by atoms with Crippen LogP contribution in [-0.4, -0.2) is 4.98 Å². The van der Waals surface area contributed by atoms with E-state index in [4.69, 9.17) is 16.6 Å². The summed E-state index contributed by atoms with van der Waals surface area (Å²) in [4.78, 5) is 3.38. The molecule has 0 radical (unpaired) electrons. The molecule has 3 rings (SSSR count). The second-order valence-electron chi connectivity index (χ2n) is 3.69. The molecule has 0 aliphatic rings. The molecule has 17 heavy (non-hydrogen) atoms. The van der Waals surface area contributed by atoms with E-state index in [1.54, 1.807) is 0 Å². The molecule has 0 atom stereocenters. The molecule has 3 nitrogen and oxygen atoms in total. The van der Waals surface area contributed by atoms with Gasteiger partial charge in [0.25, 0.3) is 4.84 Å². The molecule has 0 saturated heterocycles. The SMILES string of the molecule is S=c1[nH]c2cccc(Nc3ccccc3)c2o1. The molecule has 0 amide bonds. The van der Waals surface area contributed by atoms with Gasteiger partial charge in [0.05, 0.1) is 11.2 Å². The quantitative estimate of drug-likeness (QED) is 0.660. The van der Waals surface area contributed by atoms with Crippen molar-refractivity contribution >= 4 is 34.7 Å². The summed E-state index contributed by atoms with van der Waals surface area (Å²) in [5.74, 6) is 0. The van der Waals surface area contributed by atoms with Crippen LogP contribution in [0, 0.1) is 4.84 Å². The number of anilines is 2. The highest BCUT2D eigenvalue weighted by molar-refractivity contribution is 7.71. The van der Waals surface area contributed by atoms with Gasteiger partial charge in [0, 0.05) is 5.69 Å². The molecular formula is C13H10N2OS. The molecule has 2 N–H and O–H groups in total. The number of rotatable bonds is 2. The second kappa shape index (κ2) is 4.07. The molecule has 84 valence electrons. The normalized spacial score (nSPS) is 10.6. The lowest BCUT2D eigenvalue weighted by molar-refractivity contribution is 0.584. The Kier molecular flexibility index (Phi) is 2.42. The van der Waals surface area contributed by atoms with Gasteiger partial charge in [0.15, 0.2) is 5.58 Å². The maximum Gasteiger partial charge on any atom is 0.266 e. The van der Waals surface area contributed by atoms with E-state index in [9.17, 15) is 0 Å². The standard InChI is InChI=1S/C13H10N2OS/c17-13-15-11-8-4-7-10(12(11)16-13)14-9-5-2-1-3-6-9/h1-8,14H,(H,15,17). The minimum Gasteiger partial charge on any atom is -0.427 e. The molecule has 0 saturated carbocycles. The molecule has 0 unspecified atom stereocenters. The monoisotopic (exact) mass is 242 g/mol. The highest BCUT2D eigenvalue weighted by atomic mass is 32.1. The van der Waals surface area contributed by atoms with Crippen molar-refractivity contribution in [2.24, 2.45) is 0 Å². The molecule has 0 spiro atoms. The number of hydrogen-bond donors (Lipinski definition) is 2. The van der Waals surface area contributed by atoms with Gasteiger partial charge in [-0.15, -0.1) is 0 Å². The maximum absolute atomic E-state index is 5.47. The first-order valence-electron chi connectivity index (χ1n) is 5.27. The van der Waals surface area contributed by atoms with Crippen LogP contribution in [0.5, 0.6) is 0 Å². The van der Waals surface area contributed by atoms with Gasteiger partial charge in [-0.25, -0.2) is 0 Å². The molecule has 2 aromatic carbocycles. The van der Waals surface area contributed by atoms with Crippen LogP contribution in [0.15, 0.2) is 52.9 Å². The van der Waals surface area contributed by atoms with E-state index < -0.39 is 0 Å². The number of aromatic nitrogens is 1. The average Bonchev–Trinajstić information content (AvgIpc) is 2.72. The first-order valence-corrected chi connectivity index (χ1v) is 5.68. The van der Waals surface area contributed by atoms with Crippen molar-refractivity contribution in [2.75, 3.05) is 5.32 Å². The van der Waals surface area contributed by atoms with Crippen LogP contribution in [0.25, 0.3) is 11.1 Å². The van der Waals surface area contributed by atoms with Gasteiger partial charge < -0.3 is 14.7 Å². The van der Waals surface area contributed by atoms with Crippen molar-refractivity contribution in [3.8, 4) is 0 Å². The fourth-order valence-corrected chi connectivity index (χ4v) is 1.94. The van der Waals surface area contributed by atoms with Crippen molar-refractivity contribution in [1.29, 1.82) is 0 Å². The first-order chi connectivity index (χ1) is 8.33. The highest BCUT2D eigenvalue weighted by Gasteiger charge is 2.05. The van der Waals surface area contributed by atoms with Crippen LogP contribution < -0.4 is 5.32 Å². The molecular weight excluding hydrogens is 232 g/mol. The number of fused-ring (bicyclic) bond motifs is 1. The summed E-state index contributed by atoms with van der Waals surface area (Å²) in [7, 11) is 0. The smallest absolute Gasteiger partial charge is 0.266 e. The van der Waals surface area contributed by atoms with Gasteiger partial charge in [0.1, 0.15) is 0 Å². The number of hydrogen-bond acceptors (Lipinski definition) is 3. The molecule has 1 heterocycles. The van der Waals surface area contributed by atoms with E-state index >= 15 is 0 Å². The molecule has 0 bridgehead atoms. The largest absolute Gasteiger partial charge is 0.427 e. The summed E-state index contributed by atoms with van der Waals surface area (Å²) in [6.07, 6.45) is 0. The third kappa shape index (κ3) is 1.94. The lowest BCUT2D eigenvalue weighted by atomic mass is 10.2. The number of para-hydroxylation sites is 2. The summed E-state index contributed by atoms with van der Waals surface area (Å²) in [6, 6.07) is 15.8. The molecule has 0 aliphatic carbocycles. The Hall–Kier alpha value is -2.07. The van der Waals surface area contributed by atoms with Crippen molar-refractivity contribution < 1.29 is 4.42 Å². The fraction of sp³-hybridized carbons (Fsp3) is 0. The zero-order valence-corrected chi connectivity index (χ0v) is 9.75. The summed E-state index contributed by atoms with van der Waals surface area (Å²) >= 11 is 4.99. The summed E-state index contributed by atoms with van der Waals surface area (Å²) < 4.78 is 5.47. The fourth-order valence-electron chi connectivity index (χ4n) is 1.75. The zero-order chi connectivity index (χ0) is 11.7. The van der Waals surface area contributed by atoms with Crippen LogP contribution >= 0.6 is 12.2 Å². The predicted octanol–water partition coefficient (Wildman–Crippen LogP) is 4.23. The minimum atomic E-state index is 0.391. The van der Waals surface area contributed by atoms with Gasteiger partial charge in [-0.05, 0) is 36.5 Å². The van der Waals surface area contributed by atoms with E-state index in [-0.39, 0.29) is 0 Å². The lowest BCUT2D eigenvalue weighted by Crippen LogP contribution is -1.89. The van der Waals surface area contributed by atoms with E-state index in [0.29, 0.717) is 4.84 Å². The van der Waals surface area contributed by atoms with E-state index in [1.807, 2.05) is 48.5 Å². The van der Waals surface area contributed by atoms with Crippen molar-refractivity contribution in [2.45, 2.75) is 0 Å². The summed E-state index contributed by atoms with van der Waals surface area (Å²) in [5.41, 5.74) is 3.57. The van der Waals surface area contributed by atoms with E-state index in [1.165, 1.54) is 0 Å². The van der Waals surface area contributed by atoms with Crippen LogP contribution in [0.4, 0.5) is 11.4 Å². The van der Waals surface area contributed by atoms with Crippen LogP contribution in [0.1, 0.15) is 0 Å². The third-order valence-corrected chi connectivity index (χ3v) is 2.68. The first kappa shape index (κ1) is 10.1. The van der Waals surface area contributed by atoms with Crippen LogP contribution in [-0.2, 0) is 0 Å². The Morgan fingerprint density at radius 1 is 1.00 bits per heavy atom. The Labute approximate surface area is 103 Å². The highest BCUT2D eigenvalue weighted by Crippen LogP contribution is 2.25. The number of nitrogens with one attached hydrogen (secondary N) is 2. The maximum atomic E-state index is 5.47. The van der Waals surface area contributed by atoms with Gasteiger partial charge in [-0.1, -0.05) is 24.3 Å². The van der Waals surface area contributed by atoms with Gasteiger partial charge >= 0.3 is 0 Å². The minimum absolute atomic E-state index is 0.391. The van der Waals surface area contributed by atoms with E-state index in [2.05, 4.69) is 10.3 Å². The summed E-state index contributed by atoms with van der Waals surface area (Å²) in [5, 5.41) is 3.30. The number of aromatic amines is 1. The third-order valence-electron chi connectivity index (χ3n) is 2.50. The number of H-pyrrole nitrogens is 1. The Morgan fingerprint density at radius 3 is 2.65 bits per heavy atom. The van der Waals surface area contributed by atoms with Crippen LogP contribution in [0.2, 0.25) is 0 Å². The molecule has 4 heteroatoms. The van der Waals surface area contributed by atoms with Gasteiger partial charge in [-0.2, -0.15) is 0 Å². The molecule has 1 aromatic heterocycles. The number of oxazole rings is 1. The van der Waals surface area contributed by atoms with Crippen molar-refractivity contribution in [3.05, 3.63) is 53.4 Å². The predicted molar refractivity (Wildman–Crippen MR) is 71.1 cm³/mol. The summed E-state index contributed by atoms with van der Waals surface area (Å²) in [6.45, 7) is 0. The van der Waals surface area contributed by atoms with Crippen molar-refractivity contribution in [3.63, 3.8) is 0 Å². The molecule has 0 aliphatic heterocycles. The topological polar surface area (TPSA) is 41.0 Å². The Balaban J connectivity index is 2.09. The van der Waals surface area contributed by atoms with Crippen molar-refractivity contribution in [1.82, 2.24) is 4.98 Å². The lowest BCUT2D eigenvalue weighted by Gasteiger charge is -2.05. The Bertz CT molecular complexity index is 700. The Morgan fingerprint density at radius 2 is 1.82 bits per heavy atom. The second-order valence-corrected chi connectivity index (χ2v) is 4.06. The average molecular weight is 242 g/mol. The molecule has 3 aromatic rings. The van der Waals surface area contributed by atoms with Crippen LogP contribution in [0.3, 0.4) is 0 Å². The zero-order valence-electron chi connectivity index (χ0n) is 8.94. The van der Waals surface area contributed by atoms with Gasteiger partial charge in [-0.3, -0.25) is 0 Å². The van der Waals surface area contributed by atoms with E-state index in [0.717, 1.165) is 22.5 Å². The number of benzene rings is 2. The molecule has 0 fully saturated rings.